The van der Waals surface area contributed by atoms with Gasteiger partial charge in [0.15, 0.2) is 0 Å². The lowest BCUT2D eigenvalue weighted by Crippen LogP contribution is -2.48. The lowest BCUT2D eigenvalue weighted by Gasteiger charge is -2.35. The third-order valence-electron chi connectivity index (χ3n) is 8.61. The van der Waals surface area contributed by atoms with Crippen molar-refractivity contribution in [3.63, 3.8) is 0 Å². The highest BCUT2D eigenvalue weighted by molar-refractivity contribution is 6.02. The Morgan fingerprint density at radius 2 is 1.61 bits per heavy atom. The van der Waals surface area contributed by atoms with Crippen molar-refractivity contribution in [2.24, 2.45) is 5.92 Å². The second kappa shape index (κ2) is 17.9. The number of ether oxygens (including phenoxy) is 2. The maximum Gasteiger partial charge on any atom is 0.416 e. The Labute approximate surface area is 296 Å². The molecule has 0 aromatic heterocycles. The molecule has 3 aromatic rings. The maximum atomic E-state index is 14.3. The summed E-state index contributed by atoms with van der Waals surface area (Å²) in [6.07, 6.45) is -3.14. The number of urea groups is 2. The molecule has 0 fully saturated rings. The van der Waals surface area contributed by atoms with Gasteiger partial charge in [0.25, 0.3) is 5.91 Å². The number of anilines is 3. The number of carbonyl (C=O) groups excluding carboxylic acids is 3. The molecule has 3 aromatic carbocycles. The molecule has 4 N–H and O–H groups in total. The molecule has 1 heterocycles. The zero-order chi connectivity index (χ0) is 37.1. The smallest absolute Gasteiger partial charge is 0.416 e. The summed E-state index contributed by atoms with van der Waals surface area (Å²) in [6, 6.07) is 16.3. The molecule has 1 aliphatic rings. The van der Waals surface area contributed by atoms with Crippen molar-refractivity contribution in [1.29, 1.82) is 0 Å². The second-order valence-electron chi connectivity index (χ2n) is 12.8. The molecule has 0 spiro atoms. The molecule has 0 radical (unpaired) electrons. The van der Waals surface area contributed by atoms with Crippen LogP contribution in [-0.2, 0) is 10.9 Å². The van der Waals surface area contributed by atoms with Gasteiger partial charge in [-0.2, -0.15) is 13.2 Å². The van der Waals surface area contributed by atoms with Gasteiger partial charge < -0.3 is 40.3 Å². The summed E-state index contributed by atoms with van der Waals surface area (Å²) in [5.74, 6) is -0.427. The molecule has 0 aliphatic carbocycles. The van der Waals surface area contributed by atoms with Crippen LogP contribution < -0.4 is 20.7 Å². The molecule has 11 nitrogen and oxygen atoms in total. The molecule has 0 bridgehead atoms. The summed E-state index contributed by atoms with van der Waals surface area (Å²) in [4.78, 5) is 43.1. The van der Waals surface area contributed by atoms with Gasteiger partial charge >= 0.3 is 18.2 Å². The molecular weight excluding hydrogens is 667 g/mol. The van der Waals surface area contributed by atoms with Gasteiger partial charge in [0.05, 0.1) is 36.0 Å². The summed E-state index contributed by atoms with van der Waals surface area (Å²) >= 11 is 0. The highest BCUT2D eigenvalue weighted by Gasteiger charge is 2.32. The first-order chi connectivity index (χ1) is 24.2. The van der Waals surface area contributed by atoms with E-state index in [1.807, 2.05) is 19.9 Å². The van der Waals surface area contributed by atoms with Crippen molar-refractivity contribution in [3.05, 3.63) is 83.9 Å². The summed E-state index contributed by atoms with van der Waals surface area (Å²) in [5.41, 5.74) is 0.540. The number of fused-ring (bicyclic) bond motifs is 1. The Balaban J connectivity index is 1.55. The number of para-hydroxylation sites is 1. The molecule has 0 saturated carbocycles. The SMILES string of the molecule is C[C@@H]1CCCCO[C@@H](CN(C)C(=O)Nc2ccc(C(F)(F)F)cc2)[C@H](C)CN([C@H](C)CO)C(=O)c2cc(NC(=O)Nc3ccccc3)ccc2O1. The van der Waals surface area contributed by atoms with Crippen LogP contribution in [0.25, 0.3) is 0 Å². The quantitative estimate of drug-likeness (QED) is 0.203. The number of carbonyl (C=O) groups is 3. The molecule has 4 rings (SSSR count). The van der Waals surface area contributed by atoms with E-state index in [-0.39, 0.29) is 43.0 Å². The van der Waals surface area contributed by atoms with Crippen molar-refractivity contribution in [3.8, 4) is 5.75 Å². The Bertz CT molecular complexity index is 1610. The molecule has 0 saturated heterocycles. The summed E-state index contributed by atoms with van der Waals surface area (Å²) in [5, 5.41) is 18.3. The molecule has 4 atom stereocenters. The van der Waals surface area contributed by atoms with Crippen molar-refractivity contribution in [1.82, 2.24) is 9.80 Å². The van der Waals surface area contributed by atoms with Crippen LogP contribution in [0.2, 0.25) is 0 Å². The van der Waals surface area contributed by atoms with Gasteiger partial charge in [0.1, 0.15) is 5.75 Å². The van der Waals surface area contributed by atoms with Crippen LogP contribution in [0.3, 0.4) is 0 Å². The number of hydrogen-bond acceptors (Lipinski definition) is 6. The summed E-state index contributed by atoms with van der Waals surface area (Å²) in [6.45, 7) is 5.81. The summed E-state index contributed by atoms with van der Waals surface area (Å²) in [7, 11) is 1.55. The normalized spacial score (nSPS) is 19.5. The topological polar surface area (TPSA) is 132 Å². The van der Waals surface area contributed by atoms with E-state index in [2.05, 4.69) is 16.0 Å². The van der Waals surface area contributed by atoms with Crippen LogP contribution in [-0.4, -0.2) is 84.5 Å². The molecule has 14 heteroatoms. The predicted octanol–water partition coefficient (Wildman–Crippen LogP) is 7.31. The fraction of sp³-hybridized carbons (Fsp3) is 0.432. The lowest BCUT2D eigenvalue weighted by molar-refractivity contribution is -0.137. The third kappa shape index (κ3) is 11.3. The minimum atomic E-state index is -4.49. The van der Waals surface area contributed by atoms with E-state index in [1.54, 1.807) is 56.4 Å². The van der Waals surface area contributed by atoms with Gasteiger partial charge in [-0.3, -0.25) is 4.79 Å². The Morgan fingerprint density at radius 3 is 2.27 bits per heavy atom. The number of nitrogens with one attached hydrogen (secondary N) is 3. The second-order valence-corrected chi connectivity index (χ2v) is 12.8. The largest absolute Gasteiger partial charge is 0.490 e. The van der Waals surface area contributed by atoms with Crippen LogP contribution in [0.5, 0.6) is 5.75 Å². The number of rotatable bonds is 7. The van der Waals surface area contributed by atoms with Gasteiger partial charge in [0.2, 0.25) is 0 Å². The first kappa shape index (κ1) is 39.0. The number of amides is 5. The number of alkyl halides is 3. The fourth-order valence-electron chi connectivity index (χ4n) is 5.59. The molecule has 51 heavy (non-hydrogen) atoms. The minimum absolute atomic E-state index is 0.115. The average Bonchev–Trinajstić information content (AvgIpc) is 3.09. The van der Waals surface area contributed by atoms with Crippen molar-refractivity contribution in [2.45, 2.75) is 64.5 Å². The van der Waals surface area contributed by atoms with Crippen LogP contribution >= 0.6 is 0 Å². The van der Waals surface area contributed by atoms with Gasteiger partial charge in [-0.15, -0.1) is 0 Å². The molecular formula is C37H46F3N5O6. The predicted molar refractivity (Wildman–Crippen MR) is 189 cm³/mol. The number of hydrogen-bond donors (Lipinski definition) is 4. The van der Waals surface area contributed by atoms with Crippen molar-refractivity contribution >= 4 is 35.0 Å². The number of nitrogens with zero attached hydrogens (tertiary/aromatic N) is 2. The van der Waals surface area contributed by atoms with Crippen LogP contribution in [0.1, 0.15) is 56.0 Å². The van der Waals surface area contributed by atoms with Crippen LogP contribution in [0.4, 0.5) is 39.8 Å². The van der Waals surface area contributed by atoms with Crippen molar-refractivity contribution in [2.75, 3.05) is 49.3 Å². The zero-order valence-electron chi connectivity index (χ0n) is 29.2. The average molecular weight is 714 g/mol. The van der Waals surface area contributed by atoms with Crippen molar-refractivity contribution < 1.29 is 42.1 Å². The zero-order valence-corrected chi connectivity index (χ0v) is 29.2. The number of aliphatic hydroxyl groups is 1. The minimum Gasteiger partial charge on any atom is -0.490 e. The molecule has 1 aliphatic heterocycles. The Kier molecular flexibility index (Phi) is 13.7. The van der Waals surface area contributed by atoms with E-state index in [0.717, 1.165) is 18.6 Å². The monoisotopic (exact) mass is 713 g/mol. The van der Waals surface area contributed by atoms with E-state index in [1.165, 1.54) is 21.9 Å². The standard InChI is InChI=1S/C37H46F3N5O6/c1-24-21-45(25(2)23-46)34(47)31-20-30(42-35(48)41-28-11-6-5-7-12-28)17-18-32(31)51-26(3)10-8-9-19-50-33(24)22-44(4)36(49)43-29-15-13-27(14-16-29)37(38,39)40/h5-7,11-18,20,24-26,33,46H,8-10,19,21-23H2,1-4H3,(H,43,49)(H2,41,42,48)/t24-,25-,26-,33+/m1/s1. The molecule has 5 amide bonds. The molecule has 276 valence electrons. The maximum absolute atomic E-state index is 14.3. The Hall–Kier alpha value is -4.82. The van der Waals surface area contributed by atoms with Gasteiger partial charge in [0, 0.05) is 49.7 Å². The first-order valence-corrected chi connectivity index (χ1v) is 16.9. The van der Waals surface area contributed by atoms with E-state index < -0.39 is 41.9 Å². The first-order valence-electron chi connectivity index (χ1n) is 16.9. The number of likely N-dealkylation sites (N-methyl/N-ethyl adjacent to an activating group) is 1. The number of aliphatic hydroxyl groups excluding tert-OH is 1. The van der Waals surface area contributed by atoms with E-state index in [9.17, 15) is 32.7 Å². The number of halogens is 3. The van der Waals surface area contributed by atoms with Gasteiger partial charge in [-0.05, 0) is 87.7 Å². The highest BCUT2D eigenvalue weighted by atomic mass is 19.4. The molecule has 0 unspecified atom stereocenters. The lowest BCUT2D eigenvalue weighted by atomic mass is 10.0. The highest BCUT2D eigenvalue weighted by Crippen LogP contribution is 2.31. The van der Waals surface area contributed by atoms with Gasteiger partial charge in [-0.25, -0.2) is 9.59 Å². The van der Waals surface area contributed by atoms with E-state index in [4.69, 9.17) is 9.47 Å². The van der Waals surface area contributed by atoms with E-state index >= 15 is 0 Å². The fourth-order valence-corrected chi connectivity index (χ4v) is 5.59. The Morgan fingerprint density at radius 1 is 0.961 bits per heavy atom. The summed E-state index contributed by atoms with van der Waals surface area (Å²) < 4.78 is 51.5. The third-order valence-corrected chi connectivity index (χ3v) is 8.61. The van der Waals surface area contributed by atoms with Crippen LogP contribution in [0.15, 0.2) is 72.8 Å². The van der Waals surface area contributed by atoms with Crippen LogP contribution in [0, 0.1) is 5.92 Å². The number of benzene rings is 3. The van der Waals surface area contributed by atoms with Gasteiger partial charge in [-0.1, -0.05) is 25.1 Å². The van der Waals surface area contributed by atoms with E-state index in [0.29, 0.717) is 36.6 Å².